The van der Waals surface area contributed by atoms with Crippen LogP contribution in [0.15, 0.2) is 16.6 Å². The van der Waals surface area contributed by atoms with Gasteiger partial charge < -0.3 is 10.5 Å². The van der Waals surface area contributed by atoms with Crippen molar-refractivity contribution < 1.29 is 9.53 Å². The number of anilines is 1. The highest BCUT2D eigenvalue weighted by Crippen LogP contribution is 2.26. The van der Waals surface area contributed by atoms with Gasteiger partial charge in [0.1, 0.15) is 0 Å². The molecular formula is C10H12BrNO2. The Bertz CT molecular complexity index is 363. The lowest BCUT2D eigenvalue weighted by molar-refractivity contribution is 0.0527. The second-order valence-electron chi connectivity index (χ2n) is 2.87. The second-order valence-corrected chi connectivity index (χ2v) is 3.73. The molecule has 3 nitrogen and oxygen atoms in total. The van der Waals surface area contributed by atoms with E-state index in [1.165, 1.54) is 0 Å². The molecule has 0 saturated carbocycles. The highest BCUT2D eigenvalue weighted by atomic mass is 79.9. The maximum Gasteiger partial charge on any atom is 0.340 e. The first-order valence-corrected chi connectivity index (χ1v) is 5.09. The molecule has 1 aromatic rings. The number of carbonyl (C=O) groups excluding carboxylic acids is 1. The van der Waals surface area contributed by atoms with Gasteiger partial charge in [-0.15, -0.1) is 0 Å². The number of benzene rings is 1. The average Bonchev–Trinajstić information content (AvgIpc) is 2.13. The van der Waals surface area contributed by atoms with Crippen LogP contribution in [0.5, 0.6) is 0 Å². The molecule has 76 valence electrons. The van der Waals surface area contributed by atoms with Gasteiger partial charge in [-0.05, 0) is 41.4 Å². The van der Waals surface area contributed by atoms with Crippen LogP contribution in [-0.4, -0.2) is 12.6 Å². The lowest BCUT2D eigenvalue weighted by Crippen LogP contribution is -2.10. The molecule has 0 aliphatic rings. The van der Waals surface area contributed by atoms with Crippen LogP contribution in [0, 0.1) is 6.92 Å². The van der Waals surface area contributed by atoms with Crippen LogP contribution in [0.4, 0.5) is 5.69 Å². The molecule has 1 aromatic carbocycles. The molecular weight excluding hydrogens is 246 g/mol. The van der Waals surface area contributed by atoms with Crippen LogP contribution in [0.25, 0.3) is 0 Å². The number of rotatable bonds is 2. The van der Waals surface area contributed by atoms with Crippen LogP contribution in [0.1, 0.15) is 22.8 Å². The Morgan fingerprint density at radius 2 is 2.21 bits per heavy atom. The molecule has 0 amide bonds. The van der Waals surface area contributed by atoms with Gasteiger partial charge in [-0.3, -0.25) is 0 Å². The summed E-state index contributed by atoms with van der Waals surface area (Å²) in [5.41, 5.74) is 7.47. The minimum absolute atomic E-state index is 0.351. The molecule has 0 bridgehead atoms. The normalized spacial score (nSPS) is 9.93. The number of carbonyl (C=O) groups is 1. The molecule has 4 heteroatoms. The molecule has 0 fully saturated rings. The smallest absolute Gasteiger partial charge is 0.340 e. The highest BCUT2D eigenvalue weighted by Gasteiger charge is 2.15. The van der Waals surface area contributed by atoms with Gasteiger partial charge in [0.05, 0.1) is 17.9 Å². The van der Waals surface area contributed by atoms with E-state index in [-0.39, 0.29) is 5.97 Å². The van der Waals surface area contributed by atoms with Crippen LogP contribution >= 0.6 is 15.9 Å². The molecule has 0 saturated heterocycles. The third kappa shape index (κ3) is 2.07. The first kappa shape index (κ1) is 11.0. The van der Waals surface area contributed by atoms with E-state index in [1.54, 1.807) is 6.92 Å². The maximum absolute atomic E-state index is 11.5. The van der Waals surface area contributed by atoms with E-state index < -0.39 is 0 Å². The Morgan fingerprint density at radius 3 is 2.79 bits per heavy atom. The van der Waals surface area contributed by atoms with Crippen LogP contribution in [-0.2, 0) is 4.74 Å². The average molecular weight is 258 g/mol. The fraction of sp³-hybridized carbons (Fsp3) is 0.300. The van der Waals surface area contributed by atoms with Crippen molar-refractivity contribution in [1.29, 1.82) is 0 Å². The fourth-order valence-electron chi connectivity index (χ4n) is 1.18. The predicted octanol–water partition coefficient (Wildman–Crippen LogP) is 2.52. The lowest BCUT2D eigenvalue weighted by Gasteiger charge is -2.09. The van der Waals surface area contributed by atoms with E-state index in [1.807, 2.05) is 19.1 Å². The van der Waals surface area contributed by atoms with Gasteiger partial charge in [0, 0.05) is 4.47 Å². The number of ether oxygens (including phenoxy) is 1. The van der Waals surface area contributed by atoms with Gasteiger partial charge in [0.15, 0.2) is 0 Å². The molecule has 0 radical (unpaired) electrons. The summed E-state index contributed by atoms with van der Waals surface area (Å²) in [4.78, 5) is 11.5. The molecule has 1 rings (SSSR count). The second kappa shape index (κ2) is 4.46. The summed E-state index contributed by atoms with van der Waals surface area (Å²) in [6, 6.07) is 3.64. The van der Waals surface area contributed by atoms with E-state index in [2.05, 4.69) is 15.9 Å². The zero-order valence-corrected chi connectivity index (χ0v) is 9.72. The zero-order chi connectivity index (χ0) is 10.7. The summed E-state index contributed by atoms with van der Waals surface area (Å²) in [5, 5.41) is 0. The van der Waals surface area contributed by atoms with Crippen molar-refractivity contribution in [2.24, 2.45) is 0 Å². The first-order valence-electron chi connectivity index (χ1n) is 4.29. The molecule has 0 atom stereocenters. The van der Waals surface area contributed by atoms with Gasteiger partial charge >= 0.3 is 5.97 Å². The lowest BCUT2D eigenvalue weighted by atomic mass is 10.1. The fourth-order valence-corrected chi connectivity index (χ4v) is 1.51. The van der Waals surface area contributed by atoms with Crippen LogP contribution in [0.2, 0.25) is 0 Å². The van der Waals surface area contributed by atoms with E-state index in [4.69, 9.17) is 10.5 Å². The Morgan fingerprint density at radius 1 is 1.57 bits per heavy atom. The molecule has 0 aromatic heterocycles. The minimum atomic E-state index is -0.371. The van der Waals surface area contributed by atoms with E-state index >= 15 is 0 Å². The quantitative estimate of drug-likeness (QED) is 0.655. The van der Waals surface area contributed by atoms with Crippen molar-refractivity contribution in [3.8, 4) is 0 Å². The number of esters is 1. The predicted molar refractivity (Wildman–Crippen MR) is 59.2 cm³/mol. The number of hydrogen-bond acceptors (Lipinski definition) is 3. The van der Waals surface area contributed by atoms with Gasteiger partial charge in [0.25, 0.3) is 0 Å². The summed E-state index contributed by atoms with van der Waals surface area (Å²) in [5.74, 6) is -0.371. The van der Waals surface area contributed by atoms with Crippen molar-refractivity contribution in [2.45, 2.75) is 13.8 Å². The van der Waals surface area contributed by atoms with Gasteiger partial charge in [0.2, 0.25) is 0 Å². The number of halogens is 1. The SMILES string of the molecule is CCOC(=O)c1c(C)ccc(Br)c1N. The third-order valence-electron chi connectivity index (χ3n) is 1.88. The minimum Gasteiger partial charge on any atom is -0.462 e. The molecule has 0 heterocycles. The largest absolute Gasteiger partial charge is 0.462 e. The van der Waals surface area contributed by atoms with Crippen molar-refractivity contribution in [3.63, 3.8) is 0 Å². The molecule has 2 N–H and O–H groups in total. The molecule has 0 spiro atoms. The molecule has 0 unspecified atom stereocenters. The van der Waals surface area contributed by atoms with E-state index in [9.17, 15) is 4.79 Å². The number of nitrogen functional groups attached to an aromatic ring is 1. The number of aryl methyl sites for hydroxylation is 1. The Labute approximate surface area is 91.4 Å². The van der Waals surface area contributed by atoms with Crippen molar-refractivity contribution in [3.05, 3.63) is 27.7 Å². The summed E-state index contributed by atoms with van der Waals surface area (Å²) >= 11 is 3.27. The first-order chi connectivity index (χ1) is 6.57. The molecule has 0 aliphatic carbocycles. The van der Waals surface area contributed by atoms with E-state index in [0.29, 0.717) is 22.3 Å². The maximum atomic E-state index is 11.5. The highest BCUT2D eigenvalue weighted by molar-refractivity contribution is 9.10. The Balaban J connectivity index is 3.18. The summed E-state index contributed by atoms with van der Waals surface area (Å²) < 4.78 is 5.62. The molecule has 14 heavy (non-hydrogen) atoms. The van der Waals surface area contributed by atoms with Crippen molar-refractivity contribution >= 4 is 27.6 Å². The van der Waals surface area contributed by atoms with Gasteiger partial charge in [-0.2, -0.15) is 0 Å². The van der Waals surface area contributed by atoms with Crippen molar-refractivity contribution in [1.82, 2.24) is 0 Å². The third-order valence-corrected chi connectivity index (χ3v) is 2.57. The number of nitrogens with two attached hydrogens (primary N) is 1. The van der Waals surface area contributed by atoms with Crippen LogP contribution < -0.4 is 5.73 Å². The van der Waals surface area contributed by atoms with E-state index in [0.717, 1.165) is 5.56 Å². The summed E-state index contributed by atoms with van der Waals surface area (Å²) in [6.07, 6.45) is 0. The summed E-state index contributed by atoms with van der Waals surface area (Å²) in [7, 11) is 0. The van der Waals surface area contributed by atoms with Gasteiger partial charge in [-0.25, -0.2) is 4.79 Å². The van der Waals surface area contributed by atoms with Crippen LogP contribution in [0.3, 0.4) is 0 Å². The Kier molecular flexibility index (Phi) is 3.52. The topological polar surface area (TPSA) is 52.3 Å². The molecule has 0 aliphatic heterocycles. The summed E-state index contributed by atoms with van der Waals surface area (Å²) in [6.45, 7) is 3.95. The Hall–Kier alpha value is -1.03. The zero-order valence-electron chi connectivity index (χ0n) is 8.13. The standard InChI is InChI=1S/C10H12BrNO2/c1-3-14-10(13)8-6(2)4-5-7(11)9(8)12/h4-5H,3,12H2,1-2H3. The van der Waals surface area contributed by atoms with Crippen molar-refractivity contribution in [2.75, 3.05) is 12.3 Å². The number of hydrogen-bond donors (Lipinski definition) is 1. The van der Waals surface area contributed by atoms with Gasteiger partial charge in [-0.1, -0.05) is 6.07 Å². The monoisotopic (exact) mass is 257 g/mol.